The van der Waals surface area contributed by atoms with Crippen LogP contribution in [0.4, 0.5) is 5.00 Å². The Morgan fingerprint density at radius 1 is 1.36 bits per heavy atom. The first-order valence-corrected chi connectivity index (χ1v) is 5.42. The summed E-state index contributed by atoms with van der Waals surface area (Å²) in [5.74, 6) is 0.932. The van der Waals surface area contributed by atoms with E-state index in [-0.39, 0.29) is 0 Å². The van der Waals surface area contributed by atoms with Gasteiger partial charge >= 0.3 is 0 Å². The molecule has 2 N–H and O–H groups in total. The molecule has 0 atom stereocenters. The zero-order valence-corrected chi connectivity index (χ0v) is 9.15. The van der Waals surface area contributed by atoms with Crippen LogP contribution < -0.4 is 10.5 Å². The lowest BCUT2D eigenvalue weighted by molar-refractivity contribution is 0.420. The largest absolute Gasteiger partial charge is 0.495 e. The van der Waals surface area contributed by atoms with Crippen molar-refractivity contribution in [2.24, 2.45) is 0 Å². The first-order chi connectivity index (χ1) is 6.74. The Balaban J connectivity index is 2.72. The Morgan fingerprint density at radius 3 is 2.79 bits per heavy atom. The van der Waals surface area contributed by atoms with Crippen molar-refractivity contribution in [2.75, 3.05) is 12.8 Å². The van der Waals surface area contributed by atoms with Crippen molar-refractivity contribution < 1.29 is 4.74 Å². The molecular formula is C11H13NOS. The second-order valence-electron chi connectivity index (χ2n) is 3.22. The minimum Gasteiger partial charge on any atom is -0.495 e. The van der Waals surface area contributed by atoms with Crippen molar-refractivity contribution in [3.05, 3.63) is 23.8 Å². The summed E-state index contributed by atoms with van der Waals surface area (Å²) in [4.78, 5) is 0. The highest BCUT2D eigenvalue weighted by Gasteiger charge is 2.06. The number of hydrogen-bond donors (Lipinski definition) is 1. The normalized spacial score (nSPS) is 10.7. The Hall–Kier alpha value is -1.22. The number of methoxy groups -OCH3 is 1. The van der Waals surface area contributed by atoms with E-state index >= 15 is 0 Å². The summed E-state index contributed by atoms with van der Waals surface area (Å²) in [7, 11) is 1.70. The fourth-order valence-electron chi connectivity index (χ4n) is 1.56. The summed E-state index contributed by atoms with van der Waals surface area (Å²) in [6, 6.07) is 6.25. The quantitative estimate of drug-likeness (QED) is 0.821. The van der Waals surface area contributed by atoms with E-state index in [1.807, 2.05) is 6.07 Å². The van der Waals surface area contributed by atoms with E-state index in [4.69, 9.17) is 10.5 Å². The van der Waals surface area contributed by atoms with Crippen LogP contribution in [0.2, 0.25) is 0 Å². The third-order valence-corrected chi connectivity index (χ3v) is 3.28. The predicted molar refractivity (Wildman–Crippen MR) is 62.2 cm³/mol. The summed E-state index contributed by atoms with van der Waals surface area (Å²) in [6.45, 7) is 2.14. The molecule has 2 rings (SSSR count). The van der Waals surface area contributed by atoms with Crippen molar-refractivity contribution >= 4 is 26.4 Å². The molecule has 1 heterocycles. The van der Waals surface area contributed by atoms with Gasteiger partial charge in [0.15, 0.2) is 0 Å². The molecule has 0 unspecified atom stereocenters. The van der Waals surface area contributed by atoms with Gasteiger partial charge in [-0.05, 0) is 35.6 Å². The zero-order valence-electron chi connectivity index (χ0n) is 8.33. The molecule has 0 aliphatic rings. The number of nitrogen functional groups attached to an aromatic ring is 1. The second-order valence-corrected chi connectivity index (χ2v) is 4.30. The molecule has 0 aliphatic carbocycles. The fraction of sp³-hybridized carbons (Fsp3) is 0.273. The molecule has 0 amide bonds. The average Bonchev–Trinajstić information content (AvgIpc) is 2.56. The van der Waals surface area contributed by atoms with Gasteiger partial charge in [-0.1, -0.05) is 6.92 Å². The Labute approximate surface area is 87.3 Å². The minimum absolute atomic E-state index is 0.839. The SMILES string of the molecule is CCc1cc(OC)c2sc(N)cc2c1. The van der Waals surface area contributed by atoms with Crippen LogP contribution in [0.1, 0.15) is 12.5 Å². The van der Waals surface area contributed by atoms with Gasteiger partial charge in [0.1, 0.15) is 5.75 Å². The molecule has 3 heteroatoms. The average molecular weight is 207 g/mol. The highest BCUT2D eigenvalue weighted by Crippen LogP contribution is 2.36. The van der Waals surface area contributed by atoms with Crippen LogP contribution in [0.3, 0.4) is 0 Å². The van der Waals surface area contributed by atoms with E-state index in [0.29, 0.717) is 0 Å². The van der Waals surface area contributed by atoms with Gasteiger partial charge in [-0.15, -0.1) is 11.3 Å². The number of thiophene rings is 1. The Morgan fingerprint density at radius 2 is 2.14 bits per heavy atom. The number of anilines is 1. The highest BCUT2D eigenvalue weighted by molar-refractivity contribution is 7.23. The van der Waals surface area contributed by atoms with Gasteiger partial charge in [0.2, 0.25) is 0 Å². The molecule has 74 valence electrons. The van der Waals surface area contributed by atoms with Gasteiger partial charge < -0.3 is 10.5 Å². The number of aryl methyl sites for hydroxylation is 1. The van der Waals surface area contributed by atoms with Crippen molar-refractivity contribution in [2.45, 2.75) is 13.3 Å². The van der Waals surface area contributed by atoms with Crippen LogP contribution in [0.25, 0.3) is 10.1 Å². The molecular weight excluding hydrogens is 194 g/mol. The number of rotatable bonds is 2. The molecule has 2 nitrogen and oxygen atoms in total. The summed E-state index contributed by atoms with van der Waals surface area (Å²) < 4.78 is 6.48. The number of benzene rings is 1. The number of hydrogen-bond acceptors (Lipinski definition) is 3. The van der Waals surface area contributed by atoms with E-state index in [2.05, 4.69) is 19.1 Å². The second kappa shape index (κ2) is 3.50. The molecule has 0 aliphatic heterocycles. The molecule has 0 spiro atoms. The first kappa shape index (κ1) is 9.34. The van der Waals surface area contributed by atoms with Crippen LogP contribution >= 0.6 is 11.3 Å². The van der Waals surface area contributed by atoms with E-state index in [0.717, 1.165) is 21.9 Å². The molecule has 1 aromatic carbocycles. The summed E-state index contributed by atoms with van der Waals surface area (Å²) in [6.07, 6.45) is 1.02. The molecule has 0 fully saturated rings. The lowest BCUT2D eigenvalue weighted by Gasteiger charge is -2.04. The molecule has 1 aromatic heterocycles. The van der Waals surface area contributed by atoms with Crippen LogP contribution in [-0.4, -0.2) is 7.11 Å². The van der Waals surface area contributed by atoms with Gasteiger partial charge in [0, 0.05) is 0 Å². The number of nitrogens with two attached hydrogens (primary N) is 1. The van der Waals surface area contributed by atoms with E-state index in [1.54, 1.807) is 18.4 Å². The molecule has 0 bridgehead atoms. The third kappa shape index (κ3) is 1.44. The first-order valence-electron chi connectivity index (χ1n) is 4.60. The summed E-state index contributed by atoms with van der Waals surface area (Å²) >= 11 is 1.58. The number of fused-ring (bicyclic) bond motifs is 1. The van der Waals surface area contributed by atoms with Crippen molar-refractivity contribution in [1.82, 2.24) is 0 Å². The van der Waals surface area contributed by atoms with Gasteiger partial charge in [0.25, 0.3) is 0 Å². The molecule has 14 heavy (non-hydrogen) atoms. The van der Waals surface area contributed by atoms with Crippen molar-refractivity contribution in [3.63, 3.8) is 0 Å². The smallest absolute Gasteiger partial charge is 0.136 e. The van der Waals surface area contributed by atoms with Crippen LogP contribution in [-0.2, 0) is 6.42 Å². The third-order valence-electron chi connectivity index (χ3n) is 2.29. The topological polar surface area (TPSA) is 35.2 Å². The summed E-state index contributed by atoms with van der Waals surface area (Å²) in [5.41, 5.74) is 7.05. The van der Waals surface area contributed by atoms with Gasteiger partial charge in [-0.3, -0.25) is 0 Å². The van der Waals surface area contributed by atoms with Gasteiger partial charge in [0.05, 0.1) is 16.8 Å². The fourth-order valence-corrected chi connectivity index (χ4v) is 2.46. The molecule has 2 aromatic rings. The predicted octanol–water partition coefficient (Wildman–Crippen LogP) is 3.05. The van der Waals surface area contributed by atoms with Crippen molar-refractivity contribution in [3.8, 4) is 5.75 Å². The van der Waals surface area contributed by atoms with Crippen LogP contribution in [0.5, 0.6) is 5.75 Å². The van der Waals surface area contributed by atoms with Crippen LogP contribution in [0.15, 0.2) is 18.2 Å². The molecule has 0 saturated heterocycles. The summed E-state index contributed by atoms with van der Waals surface area (Å²) in [5, 5.41) is 2.02. The standard InChI is InChI=1S/C11H13NOS/c1-3-7-4-8-6-10(12)14-11(8)9(5-7)13-2/h4-6H,3,12H2,1-2H3. The lowest BCUT2D eigenvalue weighted by Crippen LogP contribution is -1.86. The zero-order chi connectivity index (χ0) is 10.1. The van der Waals surface area contributed by atoms with E-state index < -0.39 is 0 Å². The van der Waals surface area contributed by atoms with E-state index in [9.17, 15) is 0 Å². The van der Waals surface area contributed by atoms with Gasteiger partial charge in [-0.2, -0.15) is 0 Å². The highest BCUT2D eigenvalue weighted by atomic mass is 32.1. The van der Waals surface area contributed by atoms with Crippen molar-refractivity contribution in [1.29, 1.82) is 0 Å². The monoisotopic (exact) mass is 207 g/mol. The van der Waals surface area contributed by atoms with Crippen LogP contribution in [0, 0.1) is 0 Å². The Bertz CT molecular complexity index is 462. The van der Waals surface area contributed by atoms with E-state index in [1.165, 1.54) is 10.9 Å². The maximum Gasteiger partial charge on any atom is 0.136 e. The van der Waals surface area contributed by atoms with Gasteiger partial charge in [-0.25, -0.2) is 0 Å². The minimum atomic E-state index is 0.839. The molecule has 0 radical (unpaired) electrons. The lowest BCUT2D eigenvalue weighted by atomic mass is 10.1. The number of ether oxygens (including phenoxy) is 1. The Kier molecular flexibility index (Phi) is 2.33. The molecule has 0 saturated carbocycles. The maximum absolute atomic E-state index is 5.77. The maximum atomic E-state index is 5.77.